The minimum absolute atomic E-state index is 0.277. The summed E-state index contributed by atoms with van der Waals surface area (Å²) in [4.78, 5) is 4.89. The van der Waals surface area contributed by atoms with Crippen molar-refractivity contribution in [1.82, 2.24) is 4.90 Å². The van der Waals surface area contributed by atoms with Gasteiger partial charge < -0.3 is 10.0 Å². The zero-order valence-corrected chi connectivity index (χ0v) is 12.1. The maximum absolute atomic E-state index is 13.4. The third-order valence-electron chi connectivity index (χ3n) is 4.62. The largest absolute Gasteiger partial charge is 0.389 e. The molecule has 3 rings (SSSR count). The van der Waals surface area contributed by atoms with Gasteiger partial charge in [-0.05, 0) is 44.5 Å². The fourth-order valence-corrected chi connectivity index (χ4v) is 3.52. The second-order valence-corrected chi connectivity index (χ2v) is 6.01. The number of rotatable bonds is 2. The molecule has 1 aromatic rings. The predicted molar refractivity (Wildman–Crippen MR) is 78.5 cm³/mol. The van der Waals surface area contributed by atoms with Crippen LogP contribution in [0, 0.1) is 5.82 Å². The average molecular weight is 278 g/mol. The molecule has 2 fully saturated rings. The highest BCUT2D eigenvalue weighted by molar-refractivity contribution is 5.55. The molecule has 1 unspecified atom stereocenters. The summed E-state index contributed by atoms with van der Waals surface area (Å²) in [6.07, 6.45) is 3.24. The van der Waals surface area contributed by atoms with Crippen molar-refractivity contribution in [2.24, 2.45) is 0 Å². The summed E-state index contributed by atoms with van der Waals surface area (Å²) < 4.78 is 13.4. The van der Waals surface area contributed by atoms with E-state index in [1.807, 2.05) is 6.07 Å². The van der Waals surface area contributed by atoms with E-state index in [1.54, 1.807) is 6.92 Å². The summed E-state index contributed by atoms with van der Waals surface area (Å²) in [5, 5.41) is 9.89. The van der Waals surface area contributed by atoms with E-state index in [4.69, 9.17) is 0 Å². The first-order valence-electron chi connectivity index (χ1n) is 7.61. The molecule has 0 radical (unpaired) electrons. The Kier molecular flexibility index (Phi) is 3.94. The first kappa shape index (κ1) is 13.8. The number of benzene rings is 1. The second-order valence-electron chi connectivity index (χ2n) is 6.01. The maximum Gasteiger partial charge on any atom is 0.123 e. The normalized spacial score (nSPS) is 25.4. The van der Waals surface area contributed by atoms with Gasteiger partial charge in [0.25, 0.3) is 0 Å². The Hall–Kier alpha value is -1.13. The molecule has 4 heteroatoms. The van der Waals surface area contributed by atoms with Crippen molar-refractivity contribution in [2.75, 3.05) is 31.1 Å². The van der Waals surface area contributed by atoms with Crippen molar-refractivity contribution < 1.29 is 9.50 Å². The van der Waals surface area contributed by atoms with Crippen LogP contribution in [0.2, 0.25) is 0 Å². The standard InChI is InChI=1S/C16H23FN2O/c1-12(20)15-10-13(17)5-6-16(15)19-9-8-18-7-3-2-4-14(18)11-19/h5-6,10,12,14,20H,2-4,7-9,11H2,1H3/t12-,14?/m0/s1. The number of aliphatic hydroxyl groups is 1. The second kappa shape index (κ2) is 5.70. The fraction of sp³-hybridized carbons (Fsp3) is 0.625. The molecule has 3 nitrogen and oxygen atoms in total. The predicted octanol–water partition coefficient (Wildman–Crippen LogP) is 2.55. The molecular formula is C16H23FN2O. The number of anilines is 1. The smallest absolute Gasteiger partial charge is 0.123 e. The summed E-state index contributed by atoms with van der Waals surface area (Å²) >= 11 is 0. The van der Waals surface area contributed by atoms with E-state index in [2.05, 4.69) is 9.80 Å². The van der Waals surface area contributed by atoms with Crippen LogP contribution in [-0.4, -0.2) is 42.2 Å². The van der Waals surface area contributed by atoms with Crippen molar-refractivity contribution in [1.29, 1.82) is 0 Å². The molecular weight excluding hydrogens is 255 g/mol. The van der Waals surface area contributed by atoms with E-state index in [-0.39, 0.29) is 5.82 Å². The van der Waals surface area contributed by atoms with Gasteiger partial charge in [0, 0.05) is 36.9 Å². The molecule has 1 aromatic carbocycles. The molecule has 1 N–H and O–H groups in total. The first-order valence-corrected chi connectivity index (χ1v) is 7.61. The minimum atomic E-state index is -0.634. The summed E-state index contributed by atoms with van der Waals surface area (Å²) in [5.74, 6) is -0.277. The number of aliphatic hydroxyl groups excluding tert-OH is 1. The quantitative estimate of drug-likeness (QED) is 0.900. The molecule has 2 heterocycles. The van der Waals surface area contributed by atoms with E-state index in [0.29, 0.717) is 11.6 Å². The van der Waals surface area contributed by atoms with Crippen molar-refractivity contribution >= 4 is 5.69 Å². The summed E-state index contributed by atoms with van der Waals surface area (Å²) in [6, 6.07) is 5.39. The zero-order chi connectivity index (χ0) is 14.1. The van der Waals surface area contributed by atoms with Gasteiger partial charge in [-0.25, -0.2) is 4.39 Å². The van der Waals surface area contributed by atoms with E-state index in [1.165, 1.54) is 37.9 Å². The van der Waals surface area contributed by atoms with Gasteiger partial charge in [0.2, 0.25) is 0 Å². The Morgan fingerprint density at radius 3 is 2.90 bits per heavy atom. The van der Waals surface area contributed by atoms with Crippen LogP contribution in [0.3, 0.4) is 0 Å². The van der Waals surface area contributed by atoms with Crippen LogP contribution in [0.5, 0.6) is 0 Å². The SMILES string of the molecule is C[C@H](O)c1cc(F)ccc1N1CCN2CCCCC2C1. The van der Waals surface area contributed by atoms with Crippen molar-refractivity contribution in [3.8, 4) is 0 Å². The average Bonchev–Trinajstić information content (AvgIpc) is 2.46. The Morgan fingerprint density at radius 1 is 1.25 bits per heavy atom. The number of fused-ring (bicyclic) bond motifs is 1. The highest BCUT2D eigenvalue weighted by atomic mass is 19.1. The van der Waals surface area contributed by atoms with Gasteiger partial charge in [-0.3, -0.25) is 4.90 Å². The lowest BCUT2D eigenvalue weighted by atomic mass is 9.98. The van der Waals surface area contributed by atoms with E-state index in [0.717, 1.165) is 25.3 Å². The molecule has 0 saturated carbocycles. The molecule has 2 aliphatic rings. The van der Waals surface area contributed by atoms with Crippen molar-refractivity contribution in [3.63, 3.8) is 0 Å². The van der Waals surface area contributed by atoms with Gasteiger partial charge in [-0.2, -0.15) is 0 Å². The lowest BCUT2D eigenvalue weighted by Gasteiger charge is -2.45. The van der Waals surface area contributed by atoms with E-state index < -0.39 is 6.10 Å². The Morgan fingerprint density at radius 2 is 2.10 bits per heavy atom. The van der Waals surface area contributed by atoms with Gasteiger partial charge in [0.15, 0.2) is 0 Å². The molecule has 0 aromatic heterocycles. The van der Waals surface area contributed by atoms with Crippen LogP contribution < -0.4 is 4.90 Å². The highest BCUT2D eigenvalue weighted by Gasteiger charge is 2.30. The zero-order valence-electron chi connectivity index (χ0n) is 12.1. The Balaban J connectivity index is 1.82. The topological polar surface area (TPSA) is 26.7 Å². The summed E-state index contributed by atoms with van der Waals surface area (Å²) in [7, 11) is 0. The number of nitrogens with zero attached hydrogens (tertiary/aromatic N) is 2. The lowest BCUT2D eigenvalue weighted by Crippen LogP contribution is -2.55. The third-order valence-corrected chi connectivity index (χ3v) is 4.62. The lowest BCUT2D eigenvalue weighted by molar-refractivity contribution is 0.133. The fourth-order valence-electron chi connectivity index (χ4n) is 3.52. The third kappa shape index (κ3) is 2.67. The monoisotopic (exact) mass is 278 g/mol. The number of piperazine rings is 1. The van der Waals surface area contributed by atoms with Crippen LogP contribution in [0.1, 0.15) is 37.9 Å². The summed E-state index contributed by atoms with van der Waals surface area (Å²) in [5.41, 5.74) is 1.70. The van der Waals surface area contributed by atoms with Gasteiger partial charge in [-0.1, -0.05) is 6.42 Å². The molecule has 2 atom stereocenters. The summed E-state index contributed by atoms with van der Waals surface area (Å²) in [6.45, 7) is 5.94. The van der Waals surface area contributed by atoms with Crippen LogP contribution in [0.15, 0.2) is 18.2 Å². The van der Waals surface area contributed by atoms with Crippen LogP contribution in [-0.2, 0) is 0 Å². The van der Waals surface area contributed by atoms with Gasteiger partial charge in [0.05, 0.1) is 6.10 Å². The molecule has 110 valence electrons. The molecule has 20 heavy (non-hydrogen) atoms. The van der Waals surface area contributed by atoms with Crippen molar-refractivity contribution in [3.05, 3.63) is 29.6 Å². The molecule has 0 spiro atoms. The van der Waals surface area contributed by atoms with Crippen LogP contribution >= 0.6 is 0 Å². The van der Waals surface area contributed by atoms with Crippen LogP contribution in [0.4, 0.5) is 10.1 Å². The first-order chi connectivity index (χ1) is 9.65. The Bertz CT molecular complexity index is 478. The van der Waals surface area contributed by atoms with Gasteiger partial charge in [-0.15, -0.1) is 0 Å². The molecule has 2 aliphatic heterocycles. The Labute approximate surface area is 120 Å². The number of halogens is 1. The van der Waals surface area contributed by atoms with Gasteiger partial charge >= 0.3 is 0 Å². The van der Waals surface area contributed by atoms with E-state index >= 15 is 0 Å². The minimum Gasteiger partial charge on any atom is -0.389 e. The number of hydrogen-bond acceptors (Lipinski definition) is 3. The van der Waals surface area contributed by atoms with E-state index in [9.17, 15) is 9.50 Å². The number of hydrogen-bond donors (Lipinski definition) is 1. The number of piperidine rings is 1. The molecule has 0 bridgehead atoms. The maximum atomic E-state index is 13.4. The molecule has 2 saturated heterocycles. The molecule has 0 amide bonds. The molecule has 0 aliphatic carbocycles. The van der Waals surface area contributed by atoms with Gasteiger partial charge in [0.1, 0.15) is 5.82 Å². The highest BCUT2D eigenvalue weighted by Crippen LogP contribution is 2.30. The van der Waals surface area contributed by atoms with Crippen LogP contribution in [0.25, 0.3) is 0 Å². The van der Waals surface area contributed by atoms with Crippen molar-refractivity contribution in [2.45, 2.75) is 38.3 Å².